The molecule has 0 saturated carbocycles. The lowest BCUT2D eigenvalue weighted by molar-refractivity contribution is 0.408. The molecule has 0 aliphatic carbocycles. The Bertz CT molecular complexity index is 586. The van der Waals surface area contributed by atoms with Gasteiger partial charge in [0.05, 0.1) is 12.4 Å². The quantitative estimate of drug-likeness (QED) is 0.824. The molecule has 0 amide bonds. The molecule has 2 atom stereocenters. The fraction of sp³-hybridized carbons (Fsp3) is 0.429. The van der Waals surface area contributed by atoms with Gasteiger partial charge >= 0.3 is 0 Å². The number of thioether (sulfide) groups is 1. The van der Waals surface area contributed by atoms with Gasteiger partial charge in [0, 0.05) is 25.7 Å². The van der Waals surface area contributed by atoms with E-state index in [1.165, 1.54) is 0 Å². The maximum Gasteiger partial charge on any atom is 0.208 e. The number of rotatable bonds is 6. The van der Waals surface area contributed by atoms with Crippen LogP contribution in [0.3, 0.4) is 0 Å². The summed E-state index contributed by atoms with van der Waals surface area (Å²) >= 11 is 3.20. The van der Waals surface area contributed by atoms with Crippen LogP contribution in [0.4, 0.5) is 5.13 Å². The summed E-state index contributed by atoms with van der Waals surface area (Å²) in [5, 5.41) is 9.36. The molecule has 0 fully saturated rings. The second kappa shape index (κ2) is 7.11. The van der Waals surface area contributed by atoms with E-state index in [2.05, 4.69) is 10.2 Å². The Morgan fingerprint density at radius 1 is 1.29 bits per heavy atom. The van der Waals surface area contributed by atoms with E-state index in [1.807, 2.05) is 50.2 Å². The second-order valence-electron chi connectivity index (χ2n) is 4.88. The number of methoxy groups -OCH3 is 1. The minimum absolute atomic E-state index is 0.0296. The summed E-state index contributed by atoms with van der Waals surface area (Å²) in [6.45, 7) is 2.00. The summed E-state index contributed by atoms with van der Waals surface area (Å²) < 4.78 is 6.36. The third-order valence-electron chi connectivity index (χ3n) is 2.93. The van der Waals surface area contributed by atoms with Crippen LogP contribution < -0.4 is 15.4 Å². The monoisotopic (exact) mass is 324 g/mol. The lowest BCUT2D eigenvalue weighted by Crippen LogP contribution is -2.23. The van der Waals surface area contributed by atoms with Crippen LogP contribution >= 0.6 is 23.1 Å². The fourth-order valence-electron chi connectivity index (χ4n) is 1.89. The van der Waals surface area contributed by atoms with Crippen LogP contribution in [0.5, 0.6) is 5.75 Å². The average Bonchev–Trinajstić information content (AvgIpc) is 2.93. The number of para-hydroxylation sites is 1. The van der Waals surface area contributed by atoms with E-state index in [-0.39, 0.29) is 11.3 Å². The molecular weight excluding hydrogens is 304 g/mol. The van der Waals surface area contributed by atoms with Crippen molar-refractivity contribution in [1.29, 1.82) is 0 Å². The largest absolute Gasteiger partial charge is 0.496 e. The average molecular weight is 324 g/mol. The molecule has 0 aliphatic heterocycles. The van der Waals surface area contributed by atoms with Crippen LogP contribution in [-0.4, -0.2) is 37.4 Å². The molecule has 0 spiro atoms. The fourth-order valence-corrected chi connectivity index (χ4v) is 3.97. The standard InChI is InChI=1S/C14H20N4OS2/c1-9(15)12(10-7-5-6-8-11(10)19-4)20-14-17-16-13(21-14)18(2)3/h5-9,12H,15H2,1-4H3. The minimum atomic E-state index is -0.0296. The third kappa shape index (κ3) is 3.87. The molecule has 2 aromatic rings. The highest BCUT2D eigenvalue weighted by Gasteiger charge is 2.23. The summed E-state index contributed by atoms with van der Waals surface area (Å²) in [5.74, 6) is 0.852. The predicted molar refractivity (Wildman–Crippen MR) is 89.5 cm³/mol. The van der Waals surface area contributed by atoms with E-state index in [9.17, 15) is 0 Å². The molecule has 21 heavy (non-hydrogen) atoms. The number of ether oxygens (including phenoxy) is 1. The number of benzene rings is 1. The van der Waals surface area contributed by atoms with Gasteiger partial charge in [0.2, 0.25) is 5.13 Å². The van der Waals surface area contributed by atoms with Crippen molar-refractivity contribution in [3.8, 4) is 5.75 Å². The van der Waals surface area contributed by atoms with Crippen molar-refractivity contribution in [2.45, 2.75) is 22.6 Å². The number of hydrogen-bond acceptors (Lipinski definition) is 7. The molecule has 0 saturated heterocycles. The molecule has 0 aliphatic rings. The number of nitrogens with two attached hydrogens (primary N) is 1. The zero-order valence-corrected chi connectivity index (χ0v) is 14.2. The highest BCUT2D eigenvalue weighted by atomic mass is 32.2. The predicted octanol–water partition coefficient (Wildman–Crippen LogP) is 2.79. The van der Waals surface area contributed by atoms with Crippen molar-refractivity contribution in [1.82, 2.24) is 10.2 Å². The van der Waals surface area contributed by atoms with Gasteiger partial charge in [-0.25, -0.2) is 0 Å². The van der Waals surface area contributed by atoms with Gasteiger partial charge < -0.3 is 15.4 Å². The maximum atomic E-state index is 6.18. The molecule has 0 bridgehead atoms. The number of aromatic nitrogens is 2. The van der Waals surface area contributed by atoms with E-state index in [0.717, 1.165) is 20.8 Å². The Hall–Kier alpha value is -1.31. The van der Waals surface area contributed by atoms with Gasteiger partial charge in [0.25, 0.3) is 0 Å². The van der Waals surface area contributed by atoms with Crippen LogP contribution in [0.1, 0.15) is 17.7 Å². The van der Waals surface area contributed by atoms with Crippen LogP contribution in [0, 0.1) is 0 Å². The van der Waals surface area contributed by atoms with Crippen molar-refractivity contribution < 1.29 is 4.74 Å². The first kappa shape index (κ1) is 16.1. The van der Waals surface area contributed by atoms with Gasteiger partial charge in [-0.05, 0) is 13.0 Å². The van der Waals surface area contributed by atoms with Crippen LogP contribution in [0.25, 0.3) is 0 Å². The van der Waals surface area contributed by atoms with Crippen molar-refractivity contribution >= 4 is 28.2 Å². The maximum absolute atomic E-state index is 6.18. The third-order valence-corrected chi connectivity index (χ3v) is 5.57. The van der Waals surface area contributed by atoms with Gasteiger partial charge in [-0.15, -0.1) is 10.2 Å². The molecule has 2 rings (SSSR count). The summed E-state index contributed by atoms with van der Waals surface area (Å²) in [6.07, 6.45) is 0. The first-order valence-corrected chi connectivity index (χ1v) is 8.28. The van der Waals surface area contributed by atoms with Crippen LogP contribution in [0.15, 0.2) is 28.6 Å². The van der Waals surface area contributed by atoms with E-state index in [0.29, 0.717) is 0 Å². The Labute approximate surface area is 133 Å². The second-order valence-corrected chi connectivity index (χ2v) is 7.23. The summed E-state index contributed by atoms with van der Waals surface area (Å²) in [7, 11) is 5.59. The van der Waals surface area contributed by atoms with Crippen molar-refractivity contribution in [3.05, 3.63) is 29.8 Å². The molecule has 0 radical (unpaired) electrons. The molecule has 2 unspecified atom stereocenters. The Kier molecular flexibility index (Phi) is 5.44. The normalized spacial score (nSPS) is 13.8. The molecule has 1 heterocycles. The smallest absolute Gasteiger partial charge is 0.208 e. The van der Waals surface area contributed by atoms with Gasteiger partial charge in [-0.2, -0.15) is 0 Å². The van der Waals surface area contributed by atoms with E-state index in [4.69, 9.17) is 10.5 Å². The first-order chi connectivity index (χ1) is 10.0. The van der Waals surface area contributed by atoms with Gasteiger partial charge in [-0.3, -0.25) is 0 Å². The molecule has 7 heteroatoms. The highest BCUT2D eigenvalue weighted by molar-refractivity contribution is 8.01. The van der Waals surface area contributed by atoms with Crippen molar-refractivity contribution in [3.63, 3.8) is 0 Å². The Morgan fingerprint density at radius 2 is 2.00 bits per heavy atom. The molecule has 1 aromatic carbocycles. The van der Waals surface area contributed by atoms with Crippen molar-refractivity contribution in [2.75, 3.05) is 26.1 Å². The van der Waals surface area contributed by atoms with Gasteiger partial charge in [-0.1, -0.05) is 41.3 Å². The Morgan fingerprint density at radius 3 is 2.57 bits per heavy atom. The number of nitrogens with zero attached hydrogens (tertiary/aromatic N) is 3. The minimum Gasteiger partial charge on any atom is -0.496 e. The lowest BCUT2D eigenvalue weighted by Gasteiger charge is -2.21. The Balaban J connectivity index is 2.26. The zero-order valence-electron chi connectivity index (χ0n) is 12.6. The summed E-state index contributed by atoms with van der Waals surface area (Å²) in [5.41, 5.74) is 7.26. The molecular formula is C14H20N4OS2. The number of hydrogen-bond donors (Lipinski definition) is 1. The van der Waals surface area contributed by atoms with E-state index < -0.39 is 0 Å². The van der Waals surface area contributed by atoms with Gasteiger partial charge in [0.1, 0.15) is 5.75 Å². The molecule has 5 nitrogen and oxygen atoms in total. The SMILES string of the molecule is COc1ccccc1C(Sc1nnc(N(C)C)s1)C(C)N. The molecule has 2 N–H and O–H groups in total. The van der Waals surface area contributed by atoms with E-state index in [1.54, 1.807) is 30.2 Å². The van der Waals surface area contributed by atoms with Crippen LogP contribution in [-0.2, 0) is 0 Å². The summed E-state index contributed by atoms with van der Waals surface area (Å²) in [6, 6.07) is 7.93. The van der Waals surface area contributed by atoms with E-state index >= 15 is 0 Å². The first-order valence-electron chi connectivity index (χ1n) is 6.59. The molecule has 114 valence electrons. The zero-order chi connectivity index (χ0) is 15.4. The number of anilines is 1. The highest BCUT2D eigenvalue weighted by Crippen LogP contribution is 2.42. The topological polar surface area (TPSA) is 64.3 Å². The van der Waals surface area contributed by atoms with Gasteiger partial charge in [0.15, 0.2) is 4.34 Å². The lowest BCUT2D eigenvalue weighted by atomic mass is 10.1. The van der Waals surface area contributed by atoms with Crippen LogP contribution in [0.2, 0.25) is 0 Å². The van der Waals surface area contributed by atoms with Crippen molar-refractivity contribution in [2.24, 2.45) is 5.73 Å². The molecule has 1 aromatic heterocycles. The summed E-state index contributed by atoms with van der Waals surface area (Å²) in [4.78, 5) is 1.95.